The molecule has 0 aliphatic heterocycles. The van der Waals surface area contributed by atoms with Gasteiger partial charge in [0.15, 0.2) is 4.96 Å². The Labute approximate surface area is 116 Å². The minimum absolute atomic E-state index is 0.392. The second kappa shape index (κ2) is 5.59. The van der Waals surface area contributed by atoms with E-state index in [2.05, 4.69) is 32.5 Å². The van der Waals surface area contributed by atoms with Crippen LogP contribution in [0.3, 0.4) is 0 Å². The Bertz CT molecular complexity index is 479. The molecule has 0 spiro atoms. The molecule has 2 heterocycles. The smallest absolute Gasteiger partial charge is 0.193 e. The minimum atomic E-state index is 0.392. The van der Waals surface area contributed by atoms with Gasteiger partial charge in [-0.15, -0.1) is 22.9 Å². The lowest BCUT2D eigenvalue weighted by Crippen LogP contribution is -2.27. The van der Waals surface area contributed by atoms with Gasteiger partial charge in [-0.25, -0.2) is 4.98 Å². The van der Waals surface area contributed by atoms with Gasteiger partial charge in [-0.3, -0.25) is 4.40 Å². The van der Waals surface area contributed by atoms with E-state index in [1.54, 1.807) is 11.3 Å². The Morgan fingerprint density at radius 2 is 2.44 bits per heavy atom. The monoisotopic (exact) mass is 283 g/mol. The molecule has 18 heavy (non-hydrogen) atoms. The zero-order valence-electron chi connectivity index (χ0n) is 10.3. The highest BCUT2D eigenvalue weighted by atomic mass is 35.5. The molecule has 1 fully saturated rings. The van der Waals surface area contributed by atoms with Gasteiger partial charge in [0.05, 0.1) is 5.69 Å². The molecular weight excluding hydrogens is 266 g/mol. The summed E-state index contributed by atoms with van der Waals surface area (Å²) in [7, 11) is 0. The van der Waals surface area contributed by atoms with Gasteiger partial charge in [0, 0.05) is 29.7 Å². The number of aromatic nitrogens is 2. The summed E-state index contributed by atoms with van der Waals surface area (Å²) in [6, 6.07) is 0. The van der Waals surface area contributed by atoms with Crippen LogP contribution in [-0.4, -0.2) is 21.3 Å². The van der Waals surface area contributed by atoms with Crippen LogP contribution in [0.15, 0.2) is 17.8 Å². The Morgan fingerprint density at radius 1 is 1.50 bits per heavy atom. The molecular formula is C13H18ClN3S. The van der Waals surface area contributed by atoms with Crippen molar-refractivity contribution in [1.29, 1.82) is 0 Å². The highest BCUT2D eigenvalue weighted by Crippen LogP contribution is 2.27. The number of rotatable bonds is 4. The first-order valence-corrected chi connectivity index (χ1v) is 7.89. The van der Waals surface area contributed by atoms with Crippen molar-refractivity contribution >= 4 is 27.9 Å². The Balaban J connectivity index is 1.48. The Hall–Kier alpha value is -0.580. The molecule has 0 amide bonds. The van der Waals surface area contributed by atoms with Crippen molar-refractivity contribution in [1.82, 2.24) is 14.7 Å². The zero-order chi connectivity index (χ0) is 12.4. The third-order valence-electron chi connectivity index (χ3n) is 3.60. The van der Waals surface area contributed by atoms with Crippen LogP contribution >= 0.6 is 22.9 Å². The lowest BCUT2D eigenvalue weighted by Gasteiger charge is -2.25. The van der Waals surface area contributed by atoms with E-state index in [-0.39, 0.29) is 0 Å². The summed E-state index contributed by atoms with van der Waals surface area (Å²) in [6.45, 7) is 1.92. The summed E-state index contributed by atoms with van der Waals surface area (Å²) in [5.41, 5.74) is 1.13. The largest absolute Gasteiger partial charge is 0.311 e. The first kappa shape index (κ1) is 12.5. The number of fused-ring (bicyclic) bond motifs is 1. The predicted molar refractivity (Wildman–Crippen MR) is 76.4 cm³/mol. The average Bonchev–Trinajstić information content (AvgIpc) is 2.89. The van der Waals surface area contributed by atoms with Crippen molar-refractivity contribution in [2.24, 2.45) is 5.92 Å². The molecule has 5 heteroatoms. The fourth-order valence-corrected chi connectivity index (χ4v) is 3.80. The van der Waals surface area contributed by atoms with E-state index in [1.165, 1.54) is 19.3 Å². The van der Waals surface area contributed by atoms with Crippen LogP contribution in [0, 0.1) is 5.92 Å². The van der Waals surface area contributed by atoms with Crippen LogP contribution in [0.2, 0.25) is 0 Å². The van der Waals surface area contributed by atoms with Gasteiger partial charge >= 0.3 is 0 Å². The molecule has 2 aromatic rings. The summed E-state index contributed by atoms with van der Waals surface area (Å²) < 4.78 is 2.08. The Kier molecular flexibility index (Phi) is 3.87. The van der Waals surface area contributed by atoms with E-state index in [0.29, 0.717) is 5.38 Å². The van der Waals surface area contributed by atoms with Crippen molar-refractivity contribution in [2.45, 2.75) is 37.6 Å². The van der Waals surface area contributed by atoms with E-state index in [9.17, 15) is 0 Å². The maximum atomic E-state index is 6.20. The summed E-state index contributed by atoms with van der Waals surface area (Å²) in [5, 5.41) is 5.96. The fraction of sp³-hybridized carbons (Fsp3) is 0.615. The van der Waals surface area contributed by atoms with Crippen LogP contribution in [0.4, 0.5) is 0 Å². The van der Waals surface area contributed by atoms with Crippen LogP contribution < -0.4 is 5.32 Å². The zero-order valence-corrected chi connectivity index (χ0v) is 11.9. The molecule has 2 atom stereocenters. The van der Waals surface area contributed by atoms with E-state index in [1.807, 2.05) is 0 Å². The van der Waals surface area contributed by atoms with Crippen LogP contribution in [-0.2, 0) is 6.54 Å². The average molecular weight is 284 g/mol. The topological polar surface area (TPSA) is 29.3 Å². The number of hydrogen-bond donors (Lipinski definition) is 1. The molecule has 2 unspecified atom stereocenters. The molecule has 0 bridgehead atoms. The predicted octanol–water partition coefficient (Wildman–Crippen LogP) is 3.28. The molecule has 0 aromatic carbocycles. The molecule has 1 aliphatic rings. The second-order valence-electron chi connectivity index (χ2n) is 5.09. The number of nitrogens with zero attached hydrogens (tertiary/aromatic N) is 2. The molecule has 3 nitrogen and oxygen atoms in total. The standard InChI is InChI=1S/C13H18ClN3S/c14-11-3-1-2-10(6-11)7-15-8-12-9-17-4-5-18-13(17)16-12/h4-5,9-11,15H,1-3,6-8H2. The second-order valence-corrected chi connectivity index (χ2v) is 6.58. The summed E-state index contributed by atoms with van der Waals surface area (Å²) in [5.74, 6) is 0.741. The lowest BCUT2D eigenvalue weighted by atomic mass is 9.89. The van der Waals surface area contributed by atoms with Gasteiger partial charge in [-0.05, 0) is 31.7 Å². The normalized spacial score (nSPS) is 24.7. The van der Waals surface area contributed by atoms with Gasteiger partial charge in [0.25, 0.3) is 0 Å². The number of alkyl halides is 1. The van der Waals surface area contributed by atoms with Crippen molar-refractivity contribution in [3.05, 3.63) is 23.5 Å². The molecule has 1 N–H and O–H groups in total. The Morgan fingerprint density at radius 3 is 3.28 bits per heavy atom. The van der Waals surface area contributed by atoms with Crippen LogP contribution in [0.5, 0.6) is 0 Å². The third-order valence-corrected chi connectivity index (χ3v) is 4.77. The molecule has 98 valence electrons. The number of imidazole rings is 1. The van der Waals surface area contributed by atoms with E-state index >= 15 is 0 Å². The molecule has 1 saturated carbocycles. The van der Waals surface area contributed by atoms with Crippen LogP contribution in [0.1, 0.15) is 31.4 Å². The quantitative estimate of drug-likeness (QED) is 0.873. The number of thiazole rings is 1. The first-order chi connectivity index (χ1) is 8.81. The van der Waals surface area contributed by atoms with Gasteiger partial charge in [0.2, 0.25) is 0 Å². The van der Waals surface area contributed by atoms with Crippen molar-refractivity contribution in [2.75, 3.05) is 6.54 Å². The summed E-state index contributed by atoms with van der Waals surface area (Å²) >= 11 is 7.88. The maximum absolute atomic E-state index is 6.20. The molecule has 0 saturated heterocycles. The number of nitrogens with one attached hydrogen (secondary N) is 1. The van der Waals surface area contributed by atoms with E-state index in [0.717, 1.165) is 36.1 Å². The molecule has 3 rings (SSSR count). The van der Waals surface area contributed by atoms with Crippen molar-refractivity contribution < 1.29 is 0 Å². The summed E-state index contributed by atoms with van der Waals surface area (Å²) in [6.07, 6.45) is 9.09. The van der Waals surface area contributed by atoms with Gasteiger partial charge < -0.3 is 5.32 Å². The first-order valence-electron chi connectivity index (χ1n) is 6.57. The molecule has 2 aromatic heterocycles. The highest BCUT2D eigenvalue weighted by Gasteiger charge is 2.19. The van der Waals surface area contributed by atoms with Gasteiger partial charge in [-0.2, -0.15) is 0 Å². The number of halogens is 1. The van der Waals surface area contributed by atoms with Gasteiger partial charge in [0.1, 0.15) is 0 Å². The maximum Gasteiger partial charge on any atom is 0.193 e. The van der Waals surface area contributed by atoms with Crippen molar-refractivity contribution in [3.8, 4) is 0 Å². The lowest BCUT2D eigenvalue weighted by molar-refractivity contribution is 0.346. The molecule has 0 radical (unpaired) electrons. The SMILES string of the molecule is ClC1CCCC(CNCc2cn3ccsc3n2)C1. The third kappa shape index (κ3) is 2.87. The minimum Gasteiger partial charge on any atom is -0.311 e. The highest BCUT2D eigenvalue weighted by molar-refractivity contribution is 7.15. The fourth-order valence-electron chi connectivity index (χ4n) is 2.68. The summed E-state index contributed by atoms with van der Waals surface area (Å²) in [4.78, 5) is 5.64. The van der Waals surface area contributed by atoms with Crippen molar-refractivity contribution in [3.63, 3.8) is 0 Å². The van der Waals surface area contributed by atoms with E-state index < -0.39 is 0 Å². The number of hydrogen-bond acceptors (Lipinski definition) is 3. The van der Waals surface area contributed by atoms with Gasteiger partial charge in [-0.1, -0.05) is 6.42 Å². The van der Waals surface area contributed by atoms with E-state index in [4.69, 9.17) is 11.6 Å². The molecule has 1 aliphatic carbocycles. The van der Waals surface area contributed by atoms with Crippen LogP contribution in [0.25, 0.3) is 4.96 Å².